The molecule has 3 aromatic rings. The molecule has 6 nitrogen and oxygen atoms in total. The number of nitrogens with zero attached hydrogens (tertiary/aromatic N) is 2. The van der Waals surface area contributed by atoms with E-state index < -0.39 is 9.84 Å². The lowest BCUT2D eigenvalue weighted by Gasteiger charge is -2.30. The predicted molar refractivity (Wildman–Crippen MR) is 118 cm³/mol. The third-order valence-corrected chi connectivity index (χ3v) is 7.43. The number of hydrogen-bond donors (Lipinski definition) is 0. The molecule has 1 atom stereocenters. The lowest BCUT2D eigenvalue weighted by Crippen LogP contribution is -2.45. The van der Waals surface area contributed by atoms with Gasteiger partial charge in [0.1, 0.15) is 5.76 Å². The number of hydrogen-bond acceptors (Lipinski definition) is 5. The Morgan fingerprint density at radius 1 is 1.10 bits per heavy atom. The molecule has 1 saturated heterocycles. The van der Waals surface area contributed by atoms with Gasteiger partial charge in [-0.3, -0.25) is 9.69 Å². The van der Waals surface area contributed by atoms with E-state index in [-0.39, 0.29) is 30.0 Å². The Bertz CT molecular complexity index is 1120. The fourth-order valence-electron chi connectivity index (χ4n) is 4.16. The lowest BCUT2D eigenvalue weighted by molar-refractivity contribution is -0.120. The minimum Gasteiger partial charge on any atom is -0.468 e. The fraction of sp³-hybridized carbons (Fsp3) is 0.348. The molecule has 1 unspecified atom stereocenters. The zero-order valence-electron chi connectivity index (χ0n) is 17.0. The van der Waals surface area contributed by atoms with Crippen molar-refractivity contribution in [1.29, 1.82) is 0 Å². The van der Waals surface area contributed by atoms with Gasteiger partial charge in [-0.25, -0.2) is 8.42 Å². The van der Waals surface area contributed by atoms with Gasteiger partial charge in [0.2, 0.25) is 5.91 Å². The fourth-order valence-corrected chi connectivity index (χ4v) is 5.93. The summed E-state index contributed by atoms with van der Waals surface area (Å²) in [6.45, 7) is 3.03. The average Bonchev–Trinajstić information content (AvgIpc) is 3.37. The van der Waals surface area contributed by atoms with E-state index in [0.717, 1.165) is 22.2 Å². The van der Waals surface area contributed by atoms with Gasteiger partial charge >= 0.3 is 0 Å². The average molecular weight is 427 g/mol. The van der Waals surface area contributed by atoms with E-state index >= 15 is 0 Å². The Labute approximate surface area is 177 Å². The van der Waals surface area contributed by atoms with Crippen LogP contribution in [0.15, 0.2) is 65.3 Å². The molecule has 4 rings (SSSR count). The van der Waals surface area contributed by atoms with Gasteiger partial charge in [-0.2, -0.15) is 0 Å². The second kappa shape index (κ2) is 8.62. The Morgan fingerprint density at radius 3 is 2.60 bits per heavy atom. The molecule has 7 heteroatoms. The third kappa shape index (κ3) is 4.42. The van der Waals surface area contributed by atoms with Gasteiger partial charge in [-0.1, -0.05) is 36.4 Å². The number of amides is 1. The molecule has 0 bridgehead atoms. The molecule has 1 aliphatic heterocycles. The van der Waals surface area contributed by atoms with Gasteiger partial charge in [0.15, 0.2) is 9.84 Å². The van der Waals surface area contributed by atoms with Gasteiger partial charge in [-0.05, 0) is 36.9 Å². The van der Waals surface area contributed by atoms with Crippen molar-refractivity contribution < 1.29 is 17.6 Å². The van der Waals surface area contributed by atoms with Crippen molar-refractivity contribution in [3.8, 4) is 0 Å². The van der Waals surface area contributed by atoms with Crippen LogP contribution in [-0.4, -0.2) is 49.9 Å². The van der Waals surface area contributed by atoms with Crippen molar-refractivity contribution >= 4 is 32.2 Å². The molecule has 30 heavy (non-hydrogen) atoms. The SMILES string of the molecule is CCN(C(=O)CN(Cc1ccco1)C1CCS(=O)(=O)C1)c1cccc2ccccc12. The molecule has 1 amide bonds. The van der Waals surface area contributed by atoms with Gasteiger partial charge in [-0.15, -0.1) is 0 Å². The first-order chi connectivity index (χ1) is 14.5. The second-order valence-corrected chi connectivity index (χ2v) is 9.91. The number of sulfone groups is 1. The molecule has 2 aromatic carbocycles. The molecule has 1 aromatic heterocycles. The van der Waals surface area contributed by atoms with Crippen molar-refractivity contribution in [2.45, 2.75) is 25.9 Å². The predicted octanol–water partition coefficient (Wildman–Crippen LogP) is 3.48. The van der Waals surface area contributed by atoms with Crippen molar-refractivity contribution in [3.05, 3.63) is 66.6 Å². The molecule has 1 aliphatic rings. The zero-order chi connectivity index (χ0) is 21.1. The number of anilines is 1. The Balaban J connectivity index is 1.60. The van der Waals surface area contributed by atoms with E-state index in [2.05, 4.69) is 0 Å². The first-order valence-corrected chi connectivity index (χ1v) is 12.0. The first-order valence-electron chi connectivity index (χ1n) is 10.2. The van der Waals surface area contributed by atoms with Crippen LogP contribution in [0.1, 0.15) is 19.1 Å². The van der Waals surface area contributed by atoms with Crippen LogP contribution in [0.4, 0.5) is 5.69 Å². The maximum absolute atomic E-state index is 13.4. The summed E-state index contributed by atoms with van der Waals surface area (Å²) >= 11 is 0. The molecular weight excluding hydrogens is 400 g/mol. The molecular formula is C23H26N2O4S. The number of benzene rings is 2. The van der Waals surface area contributed by atoms with Crippen LogP contribution in [0.3, 0.4) is 0 Å². The summed E-state index contributed by atoms with van der Waals surface area (Å²) in [6.07, 6.45) is 2.13. The largest absolute Gasteiger partial charge is 0.468 e. The summed E-state index contributed by atoms with van der Waals surface area (Å²) < 4.78 is 29.6. The molecule has 0 N–H and O–H groups in total. The summed E-state index contributed by atoms with van der Waals surface area (Å²) in [7, 11) is -3.06. The standard InChI is InChI=1S/C23H26N2O4S/c1-2-25(22-11-5-8-18-7-3-4-10-21(18)22)23(26)16-24(15-20-9-6-13-29-20)19-12-14-30(27,28)17-19/h3-11,13,19H,2,12,14-17H2,1H3. The van der Waals surface area contributed by atoms with E-state index in [0.29, 0.717) is 19.5 Å². The van der Waals surface area contributed by atoms with Crippen molar-refractivity contribution in [3.63, 3.8) is 0 Å². The quantitative estimate of drug-likeness (QED) is 0.579. The van der Waals surface area contributed by atoms with Crippen LogP contribution in [0.2, 0.25) is 0 Å². The van der Waals surface area contributed by atoms with E-state index in [1.807, 2.05) is 60.4 Å². The highest BCUT2D eigenvalue weighted by Gasteiger charge is 2.34. The summed E-state index contributed by atoms with van der Waals surface area (Å²) in [5.74, 6) is 0.924. The normalized spacial score (nSPS) is 18.1. The Kier molecular flexibility index (Phi) is 5.92. The number of carbonyl (C=O) groups is 1. The molecule has 158 valence electrons. The Morgan fingerprint density at radius 2 is 1.90 bits per heavy atom. The van der Waals surface area contributed by atoms with Crippen LogP contribution >= 0.6 is 0 Å². The van der Waals surface area contributed by atoms with Gasteiger partial charge in [0, 0.05) is 18.0 Å². The van der Waals surface area contributed by atoms with Gasteiger partial charge < -0.3 is 9.32 Å². The zero-order valence-corrected chi connectivity index (χ0v) is 17.8. The van der Waals surface area contributed by atoms with Crippen LogP contribution in [0, 0.1) is 0 Å². The van der Waals surface area contributed by atoms with Crippen molar-refractivity contribution in [2.24, 2.45) is 0 Å². The van der Waals surface area contributed by atoms with E-state index in [1.54, 1.807) is 17.2 Å². The molecule has 0 radical (unpaired) electrons. The molecule has 0 spiro atoms. The molecule has 1 fully saturated rings. The number of carbonyl (C=O) groups excluding carboxylic acids is 1. The van der Waals surface area contributed by atoms with Crippen molar-refractivity contribution in [2.75, 3.05) is 29.5 Å². The number of furan rings is 1. The minimum atomic E-state index is -3.06. The van der Waals surface area contributed by atoms with E-state index in [4.69, 9.17) is 4.42 Å². The van der Waals surface area contributed by atoms with Crippen LogP contribution < -0.4 is 4.90 Å². The van der Waals surface area contributed by atoms with E-state index in [1.165, 1.54) is 0 Å². The summed E-state index contributed by atoms with van der Waals surface area (Å²) in [5.41, 5.74) is 0.873. The highest BCUT2D eigenvalue weighted by atomic mass is 32.2. The first kappa shape index (κ1) is 20.6. The smallest absolute Gasteiger partial charge is 0.241 e. The summed E-state index contributed by atoms with van der Waals surface area (Å²) in [4.78, 5) is 17.1. The summed E-state index contributed by atoms with van der Waals surface area (Å²) in [5, 5.41) is 2.10. The molecule has 0 saturated carbocycles. The van der Waals surface area contributed by atoms with E-state index in [9.17, 15) is 13.2 Å². The third-order valence-electron chi connectivity index (χ3n) is 5.68. The maximum Gasteiger partial charge on any atom is 0.241 e. The maximum atomic E-state index is 13.4. The minimum absolute atomic E-state index is 0.0512. The van der Waals surface area contributed by atoms with Gasteiger partial charge in [0.25, 0.3) is 0 Å². The molecule has 2 heterocycles. The Hall–Kier alpha value is -2.64. The monoisotopic (exact) mass is 426 g/mol. The summed E-state index contributed by atoms with van der Waals surface area (Å²) in [6, 6.07) is 17.4. The topological polar surface area (TPSA) is 70.8 Å². The second-order valence-electron chi connectivity index (χ2n) is 7.68. The van der Waals surface area contributed by atoms with Gasteiger partial charge in [0.05, 0.1) is 36.5 Å². The highest BCUT2D eigenvalue weighted by Crippen LogP contribution is 2.27. The van der Waals surface area contributed by atoms with Crippen LogP contribution in [0.25, 0.3) is 10.8 Å². The van der Waals surface area contributed by atoms with Crippen LogP contribution in [0.5, 0.6) is 0 Å². The highest BCUT2D eigenvalue weighted by molar-refractivity contribution is 7.91. The number of fused-ring (bicyclic) bond motifs is 1. The van der Waals surface area contributed by atoms with Crippen molar-refractivity contribution in [1.82, 2.24) is 4.90 Å². The van der Waals surface area contributed by atoms with Crippen LogP contribution in [-0.2, 0) is 21.2 Å². The molecule has 0 aliphatic carbocycles. The number of likely N-dealkylation sites (N-methyl/N-ethyl adjacent to an activating group) is 1. The number of rotatable bonds is 7. The lowest BCUT2D eigenvalue weighted by atomic mass is 10.1.